The summed E-state index contributed by atoms with van der Waals surface area (Å²) in [5.41, 5.74) is 6.48. The lowest BCUT2D eigenvalue weighted by Crippen LogP contribution is -2.56. The number of hydrogen-bond acceptors (Lipinski definition) is 10. The third kappa shape index (κ3) is 15.8. The molecule has 16 nitrogen and oxygen atoms in total. The number of likely N-dealkylation sites (tertiary alicyclic amines) is 2. The van der Waals surface area contributed by atoms with Crippen LogP contribution >= 0.6 is 24.8 Å². The molecule has 0 aromatic heterocycles. The summed E-state index contributed by atoms with van der Waals surface area (Å²) in [6.45, 7) is 5.30. The largest absolute Gasteiger partial charge is 0.494 e. The lowest BCUT2D eigenvalue weighted by Gasteiger charge is -2.32. The van der Waals surface area contributed by atoms with E-state index in [-0.39, 0.29) is 85.2 Å². The number of halogens is 2. The standard InChI is InChI=1S/C60H78N8O8.2ClH/c1-39(61-3)55(69)65-51(59(73)67-33-13-23-53(67)57(71)63-49-21-11-17-43-15-5-7-19-47(43)49)37-41-25-29-45(30-26-41)75-35-9-10-36-76-46-31-27-42(28-32-46)38-52(66-56(70)40(2)62-4)60(74)68-34-14-24-54(68)58(72)64-50-22-12-18-44-16-6-8-20-48(44)50;;/h5-8,15-16,19-20,25-32,39-40,49-54,61-62H,9-14,17-18,21-24,33-38H2,1-4H3,(H,63,71)(H,64,72)(H,65,69)(H,66,70);2*1H/t39-,40-,49+,50+,51-,52-,53-,54-;;/m0../s1. The van der Waals surface area contributed by atoms with Crippen molar-refractivity contribution in [1.82, 2.24) is 41.7 Å². The van der Waals surface area contributed by atoms with E-state index >= 15 is 0 Å². The van der Waals surface area contributed by atoms with E-state index in [2.05, 4.69) is 56.2 Å². The van der Waals surface area contributed by atoms with Gasteiger partial charge in [-0.15, -0.1) is 24.8 Å². The van der Waals surface area contributed by atoms with E-state index < -0.39 is 36.3 Å². The van der Waals surface area contributed by atoms with Gasteiger partial charge in [0.05, 0.1) is 37.4 Å². The minimum absolute atomic E-state index is 0. The quantitative estimate of drug-likeness (QED) is 0.0452. The first kappa shape index (κ1) is 61.0. The van der Waals surface area contributed by atoms with Gasteiger partial charge in [0.25, 0.3) is 0 Å². The molecular formula is C60H80Cl2N8O8. The Morgan fingerprint density at radius 2 is 0.910 bits per heavy atom. The molecule has 0 radical (unpaired) electrons. The summed E-state index contributed by atoms with van der Waals surface area (Å²) in [4.78, 5) is 85.9. The van der Waals surface area contributed by atoms with E-state index in [1.807, 2.05) is 72.8 Å². The van der Waals surface area contributed by atoms with E-state index in [0.717, 1.165) is 73.6 Å². The number of carbonyl (C=O) groups excluding carboxylic acids is 6. The van der Waals surface area contributed by atoms with Gasteiger partial charge in [0, 0.05) is 25.9 Å². The maximum absolute atomic E-state index is 14.3. The number of amides is 6. The summed E-state index contributed by atoms with van der Waals surface area (Å²) in [5, 5.41) is 18.4. The second-order valence-electron chi connectivity index (χ2n) is 20.9. The van der Waals surface area contributed by atoms with E-state index in [9.17, 15) is 28.8 Å². The van der Waals surface area contributed by atoms with Crippen molar-refractivity contribution in [1.29, 1.82) is 0 Å². The normalized spacial score (nSPS) is 19.9. The van der Waals surface area contributed by atoms with Crippen LogP contribution < -0.4 is 41.4 Å². The van der Waals surface area contributed by atoms with Gasteiger partial charge in [0.1, 0.15) is 35.7 Å². The average Bonchev–Trinajstić information content (AvgIpc) is 4.16. The molecule has 2 aliphatic carbocycles. The average molecular weight is 1110 g/mol. The predicted molar refractivity (Wildman–Crippen MR) is 306 cm³/mol. The van der Waals surface area contributed by atoms with Crippen molar-refractivity contribution >= 4 is 60.3 Å². The summed E-state index contributed by atoms with van der Waals surface area (Å²) < 4.78 is 12.1. The maximum Gasteiger partial charge on any atom is 0.246 e. The number of unbranched alkanes of at least 4 members (excludes halogenated alkanes) is 1. The monoisotopic (exact) mass is 1110 g/mol. The Balaban J connectivity index is 0.00000492. The zero-order valence-electron chi connectivity index (χ0n) is 45.6. The lowest BCUT2D eigenvalue weighted by atomic mass is 9.87. The number of ether oxygens (including phenoxy) is 2. The fourth-order valence-corrected chi connectivity index (χ4v) is 11.1. The molecule has 8 atom stereocenters. The molecule has 0 unspecified atom stereocenters. The van der Waals surface area contributed by atoms with Crippen LogP contribution in [0.15, 0.2) is 97.1 Å². The molecule has 4 aromatic carbocycles. The molecular weight excluding hydrogens is 1030 g/mol. The summed E-state index contributed by atoms with van der Waals surface area (Å²) in [6.07, 6.45) is 10.2. The summed E-state index contributed by atoms with van der Waals surface area (Å²) >= 11 is 0. The topological polar surface area (TPSA) is 200 Å². The fourth-order valence-electron chi connectivity index (χ4n) is 11.1. The highest BCUT2D eigenvalue weighted by atomic mass is 35.5. The first-order valence-electron chi connectivity index (χ1n) is 27.7. The molecule has 422 valence electrons. The van der Waals surface area contributed by atoms with Gasteiger partial charge in [-0.3, -0.25) is 28.8 Å². The number of benzene rings is 4. The van der Waals surface area contributed by atoms with Crippen molar-refractivity contribution in [3.8, 4) is 11.5 Å². The Hall–Kier alpha value is -6.20. The zero-order valence-corrected chi connectivity index (χ0v) is 47.2. The minimum atomic E-state index is -0.865. The molecule has 0 spiro atoms. The molecule has 8 rings (SSSR count). The van der Waals surface area contributed by atoms with Gasteiger partial charge in [0.2, 0.25) is 35.4 Å². The van der Waals surface area contributed by atoms with Gasteiger partial charge in [-0.25, -0.2) is 0 Å². The molecule has 6 N–H and O–H groups in total. The summed E-state index contributed by atoms with van der Waals surface area (Å²) in [7, 11) is 3.39. The maximum atomic E-state index is 14.3. The smallest absolute Gasteiger partial charge is 0.246 e. The number of aryl methyl sites for hydroxylation is 2. The third-order valence-electron chi connectivity index (χ3n) is 15.7. The van der Waals surface area contributed by atoms with Crippen LogP contribution in [0.25, 0.3) is 0 Å². The molecule has 78 heavy (non-hydrogen) atoms. The Morgan fingerprint density at radius 1 is 0.526 bits per heavy atom. The Labute approximate surface area is 472 Å². The molecule has 2 aliphatic heterocycles. The third-order valence-corrected chi connectivity index (χ3v) is 15.7. The number of rotatable bonds is 23. The predicted octanol–water partition coefficient (Wildman–Crippen LogP) is 6.41. The SMILES string of the molecule is CN[C@@H](C)C(=O)N[C@@H](Cc1ccc(OCCCCOc2ccc(C[C@H](NC(=O)[C@H](C)NC)C(=O)N3CCC[C@H]3C(=O)N[C@@H]3CCCc4ccccc43)cc2)cc1)C(=O)N1CCC[C@H]1C(=O)N[C@@H]1CCCc2ccccc21.Cl.Cl. The Morgan fingerprint density at radius 3 is 1.29 bits per heavy atom. The van der Waals surface area contributed by atoms with Crippen LogP contribution in [0.4, 0.5) is 0 Å². The number of carbonyl (C=O) groups is 6. The van der Waals surface area contributed by atoms with Gasteiger partial charge in [-0.2, -0.15) is 0 Å². The van der Waals surface area contributed by atoms with Crippen LogP contribution in [-0.4, -0.2) is 122 Å². The number of nitrogens with zero attached hydrogens (tertiary/aromatic N) is 2. The van der Waals surface area contributed by atoms with E-state index in [0.29, 0.717) is 63.5 Å². The Bertz CT molecular complexity index is 2460. The number of fused-ring (bicyclic) bond motifs is 2. The Kier molecular flexibility index (Phi) is 23.2. The van der Waals surface area contributed by atoms with Gasteiger partial charge >= 0.3 is 0 Å². The van der Waals surface area contributed by atoms with Crippen LogP contribution in [0.5, 0.6) is 11.5 Å². The highest BCUT2D eigenvalue weighted by molar-refractivity contribution is 5.95. The van der Waals surface area contributed by atoms with Gasteiger partial charge in [0.15, 0.2) is 0 Å². The molecule has 0 bridgehead atoms. The van der Waals surface area contributed by atoms with Crippen molar-refractivity contribution in [2.45, 2.75) is 152 Å². The van der Waals surface area contributed by atoms with Gasteiger partial charge < -0.3 is 51.2 Å². The van der Waals surface area contributed by atoms with Crippen molar-refractivity contribution in [2.75, 3.05) is 40.4 Å². The molecule has 2 saturated heterocycles. The second kappa shape index (κ2) is 29.7. The van der Waals surface area contributed by atoms with Gasteiger partial charge in [-0.05, 0) is 163 Å². The first-order chi connectivity index (χ1) is 36.9. The van der Waals surface area contributed by atoms with Crippen LogP contribution in [0.1, 0.15) is 124 Å². The summed E-state index contributed by atoms with van der Waals surface area (Å²) in [5.74, 6) is -0.0760. The highest BCUT2D eigenvalue weighted by Crippen LogP contribution is 2.32. The molecule has 18 heteroatoms. The van der Waals surface area contributed by atoms with E-state index in [1.165, 1.54) is 11.1 Å². The van der Waals surface area contributed by atoms with Crippen LogP contribution in [0, 0.1) is 0 Å². The van der Waals surface area contributed by atoms with Crippen LogP contribution in [-0.2, 0) is 54.5 Å². The minimum Gasteiger partial charge on any atom is -0.494 e. The lowest BCUT2D eigenvalue weighted by molar-refractivity contribution is -0.141. The van der Waals surface area contributed by atoms with Crippen molar-refractivity contribution < 1.29 is 38.2 Å². The zero-order chi connectivity index (χ0) is 53.6. The van der Waals surface area contributed by atoms with Crippen LogP contribution in [0.2, 0.25) is 0 Å². The van der Waals surface area contributed by atoms with Crippen molar-refractivity contribution in [3.05, 3.63) is 130 Å². The number of likely N-dealkylation sites (N-methyl/N-ethyl adjacent to an activating group) is 2. The molecule has 2 heterocycles. The molecule has 0 saturated carbocycles. The first-order valence-corrected chi connectivity index (χ1v) is 27.7. The van der Waals surface area contributed by atoms with E-state index in [4.69, 9.17) is 9.47 Å². The highest BCUT2D eigenvalue weighted by Gasteiger charge is 2.41. The fraction of sp³-hybridized carbons (Fsp3) is 0.500. The molecule has 4 aliphatic rings. The van der Waals surface area contributed by atoms with Crippen molar-refractivity contribution in [3.63, 3.8) is 0 Å². The number of hydrogen-bond donors (Lipinski definition) is 6. The molecule has 4 aromatic rings. The van der Waals surface area contributed by atoms with Gasteiger partial charge in [-0.1, -0.05) is 72.8 Å². The van der Waals surface area contributed by atoms with E-state index in [1.54, 1.807) is 37.7 Å². The summed E-state index contributed by atoms with van der Waals surface area (Å²) in [6, 6.07) is 27.4. The second-order valence-corrected chi connectivity index (χ2v) is 20.9. The molecule has 6 amide bonds. The molecule has 2 fully saturated rings. The number of nitrogens with one attached hydrogen (secondary N) is 6. The van der Waals surface area contributed by atoms with Crippen LogP contribution in [0.3, 0.4) is 0 Å². The van der Waals surface area contributed by atoms with Crippen molar-refractivity contribution in [2.24, 2.45) is 0 Å².